The van der Waals surface area contributed by atoms with Crippen LogP contribution >= 0.6 is 0 Å². The predicted octanol–water partition coefficient (Wildman–Crippen LogP) is 5.00. The highest BCUT2D eigenvalue weighted by atomic mass is 19.4. The van der Waals surface area contributed by atoms with Crippen LogP contribution in [0.3, 0.4) is 0 Å². The summed E-state index contributed by atoms with van der Waals surface area (Å²) in [5, 5.41) is 3.91. The molecule has 0 spiro atoms. The predicted molar refractivity (Wildman–Crippen MR) is 95.0 cm³/mol. The zero-order valence-corrected chi connectivity index (χ0v) is 14.3. The Morgan fingerprint density at radius 3 is 2.12 bits per heavy atom. The lowest BCUT2D eigenvalue weighted by Crippen LogP contribution is -2.19. The Hall–Kier alpha value is -2.56. The molecule has 0 unspecified atom stereocenters. The van der Waals surface area contributed by atoms with Gasteiger partial charge in [0.25, 0.3) is 0 Å². The summed E-state index contributed by atoms with van der Waals surface area (Å²) < 4.78 is 39.7. The van der Waals surface area contributed by atoms with Crippen molar-refractivity contribution >= 4 is 0 Å². The van der Waals surface area contributed by atoms with E-state index >= 15 is 0 Å². The van der Waals surface area contributed by atoms with Gasteiger partial charge in [-0.2, -0.15) is 18.3 Å². The minimum absolute atomic E-state index is 0.533. The Morgan fingerprint density at radius 2 is 1.42 bits per heavy atom. The molecular formula is C21H19F3N2. The average Bonchev–Trinajstić information content (AvgIpc) is 3.03. The molecule has 134 valence electrons. The topological polar surface area (TPSA) is 17.8 Å². The number of aryl methyl sites for hydroxylation is 4. The molecule has 4 aliphatic rings. The molecule has 2 aromatic carbocycles. The van der Waals surface area contributed by atoms with Crippen LogP contribution in [-0.4, -0.2) is 16.0 Å². The van der Waals surface area contributed by atoms with Gasteiger partial charge in [0.1, 0.15) is 6.54 Å². The number of nitrogens with zero attached hydrogens (tertiary/aromatic N) is 2. The van der Waals surface area contributed by atoms with Crippen LogP contribution in [0.2, 0.25) is 0 Å². The van der Waals surface area contributed by atoms with Crippen LogP contribution in [0, 0.1) is 0 Å². The first-order chi connectivity index (χ1) is 12.5. The second kappa shape index (κ2) is 6.63. The minimum Gasteiger partial charge on any atom is -0.256 e. The van der Waals surface area contributed by atoms with E-state index in [0.717, 1.165) is 47.1 Å². The Bertz CT molecular complexity index is 908. The Balaban J connectivity index is 1.75. The molecule has 0 saturated heterocycles. The van der Waals surface area contributed by atoms with E-state index in [1.54, 1.807) is 6.07 Å². The molecule has 4 bridgehead atoms. The van der Waals surface area contributed by atoms with Crippen LogP contribution < -0.4 is 0 Å². The van der Waals surface area contributed by atoms with E-state index in [0.29, 0.717) is 5.69 Å². The quantitative estimate of drug-likeness (QED) is 0.632. The van der Waals surface area contributed by atoms with Crippen molar-refractivity contribution in [2.45, 2.75) is 38.4 Å². The van der Waals surface area contributed by atoms with Gasteiger partial charge in [-0.1, -0.05) is 36.4 Å². The first-order valence-electron chi connectivity index (χ1n) is 8.76. The fraction of sp³-hybridized carbons (Fsp3) is 0.286. The monoisotopic (exact) mass is 356 g/mol. The number of benzene rings is 2. The summed E-state index contributed by atoms with van der Waals surface area (Å²) in [7, 11) is 0. The zero-order valence-electron chi connectivity index (χ0n) is 14.3. The van der Waals surface area contributed by atoms with Crippen LogP contribution in [0.1, 0.15) is 22.3 Å². The fourth-order valence-electron chi connectivity index (χ4n) is 3.53. The van der Waals surface area contributed by atoms with Crippen molar-refractivity contribution in [1.82, 2.24) is 9.78 Å². The van der Waals surface area contributed by atoms with Gasteiger partial charge in [-0.05, 0) is 60.1 Å². The van der Waals surface area contributed by atoms with E-state index in [2.05, 4.69) is 41.5 Å². The highest BCUT2D eigenvalue weighted by Gasteiger charge is 2.29. The van der Waals surface area contributed by atoms with Gasteiger partial charge in [-0.3, -0.25) is 4.68 Å². The molecule has 1 aromatic heterocycles. The third-order valence-electron chi connectivity index (χ3n) is 4.90. The second-order valence-corrected chi connectivity index (χ2v) is 6.80. The van der Waals surface area contributed by atoms with Crippen molar-refractivity contribution in [3.05, 3.63) is 77.0 Å². The zero-order chi connectivity index (χ0) is 18.1. The van der Waals surface area contributed by atoms with Crippen molar-refractivity contribution < 1.29 is 13.2 Å². The Morgan fingerprint density at radius 1 is 0.808 bits per heavy atom. The molecule has 7 rings (SSSR count). The van der Waals surface area contributed by atoms with Crippen LogP contribution in [0.4, 0.5) is 13.2 Å². The summed E-state index contributed by atoms with van der Waals surface area (Å²) in [5.74, 6) is 0. The van der Waals surface area contributed by atoms with Gasteiger partial charge in [0.2, 0.25) is 0 Å². The standard InChI is InChI=1S/C21H19F3N2/c22-21(23,24)14-26-20(11-12-25-26)19-13-17-6-5-15-1-3-16(4-2-15)7-9-18(19)10-8-17/h1-4,8,10-13H,5-7,9,14H2. The van der Waals surface area contributed by atoms with Gasteiger partial charge in [0.15, 0.2) is 0 Å². The number of hydrogen-bond donors (Lipinski definition) is 0. The molecule has 2 nitrogen and oxygen atoms in total. The van der Waals surface area contributed by atoms with E-state index in [-0.39, 0.29) is 0 Å². The summed E-state index contributed by atoms with van der Waals surface area (Å²) in [6.07, 6.45) is 0.576. The molecule has 1 heterocycles. The van der Waals surface area contributed by atoms with E-state index in [4.69, 9.17) is 0 Å². The minimum atomic E-state index is -4.29. The maximum absolute atomic E-state index is 12.9. The van der Waals surface area contributed by atoms with Crippen LogP contribution in [0.5, 0.6) is 0 Å². The molecule has 0 radical (unpaired) electrons. The maximum atomic E-state index is 12.9. The first kappa shape index (κ1) is 16.9. The molecular weight excluding hydrogens is 337 g/mol. The smallest absolute Gasteiger partial charge is 0.256 e. The van der Waals surface area contributed by atoms with E-state index in [1.165, 1.54) is 17.3 Å². The summed E-state index contributed by atoms with van der Waals surface area (Å²) in [6, 6.07) is 16.5. The SMILES string of the molecule is FC(F)(F)Cn1nccc1-c1cc2ccc1CCc1ccc(cc1)CC2. The van der Waals surface area contributed by atoms with Crippen molar-refractivity contribution in [2.75, 3.05) is 0 Å². The molecule has 0 saturated carbocycles. The molecule has 0 aliphatic heterocycles. The largest absolute Gasteiger partial charge is 0.408 e. The lowest BCUT2D eigenvalue weighted by Gasteiger charge is -2.16. The molecule has 26 heavy (non-hydrogen) atoms. The van der Waals surface area contributed by atoms with E-state index in [1.807, 2.05) is 6.07 Å². The van der Waals surface area contributed by atoms with Gasteiger partial charge in [0.05, 0.1) is 5.69 Å². The van der Waals surface area contributed by atoms with Gasteiger partial charge in [-0.15, -0.1) is 0 Å². The number of hydrogen-bond acceptors (Lipinski definition) is 1. The second-order valence-electron chi connectivity index (χ2n) is 6.80. The fourth-order valence-corrected chi connectivity index (χ4v) is 3.53. The Labute approximate surface area is 150 Å². The number of alkyl halides is 3. The summed E-state index contributed by atoms with van der Waals surface area (Å²) in [5.41, 5.74) is 6.11. The maximum Gasteiger partial charge on any atom is 0.408 e. The molecule has 0 amide bonds. The van der Waals surface area contributed by atoms with Crippen molar-refractivity contribution in [3.8, 4) is 11.3 Å². The molecule has 3 aromatic rings. The molecule has 5 heteroatoms. The molecule has 0 atom stereocenters. The lowest BCUT2D eigenvalue weighted by molar-refractivity contribution is -0.142. The molecule has 0 N–H and O–H groups in total. The third kappa shape index (κ3) is 3.66. The van der Waals surface area contributed by atoms with Crippen molar-refractivity contribution in [1.29, 1.82) is 0 Å². The van der Waals surface area contributed by atoms with E-state index in [9.17, 15) is 13.2 Å². The lowest BCUT2D eigenvalue weighted by atomic mass is 9.92. The molecule has 0 fully saturated rings. The Kier molecular flexibility index (Phi) is 4.31. The van der Waals surface area contributed by atoms with Crippen LogP contribution in [0.15, 0.2) is 54.7 Å². The van der Waals surface area contributed by atoms with Crippen LogP contribution in [0.25, 0.3) is 11.3 Å². The number of aromatic nitrogens is 2. The molecule has 4 aliphatic carbocycles. The highest BCUT2D eigenvalue weighted by molar-refractivity contribution is 5.65. The third-order valence-corrected chi connectivity index (χ3v) is 4.90. The van der Waals surface area contributed by atoms with Crippen molar-refractivity contribution in [3.63, 3.8) is 0 Å². The van der Waals surface area contributed by atoms with Gasteiger partial charge >= 0.3 is 6.18 Å². The van der Waals surface area contributed by atoms with Crippen molar-refractivity contribution in [2.24, 2.45) is 0 Å². The first-order valence-corrected chi connectivity index (χ1v) is 8.76. The summed E-state index contributed by atoms with van der Waals surface area (Å²) in [4.78, 5) is 0. The summed E-state index contributed by atoms with van der Waals surface area (Å²) >= 11 is 0. The normalized spacial score (nSPS) is 14.3. The highest BCUT2D eigenvalue weighted by Crippen LogP contribution is 2.29. The average molecular weight is 356 g/mol. The van der Waals surface area contributed by atoms with Gasteiger partial charge < -0.3 is 0 Å². The number of rotatable bonds is 2. The van der Waals surface area contributed by atoms with Crippen LogP contribution in [-0.2, 0) is 32.2 Å². The van der Waals surface area contributed by atoms with Gasteiger partial charge in [0, 0.05) is 11.8 Å². The summed E-state index contributed by atoms with van der Waals surface area (Å²) in [6.45, 7) is -1.07. The van der Waals surface area contributed by atoms with Gasteiger partial charge in [-0.25, -0.2) is 0 Å². The number of halogens is 3. The van der Waals surface area contributed by atoms with E-state index < -0.39 is 12.7 Å².